The van der Waals surface area contributed by atoms with Gasteiger partial charge in [0.1, 0.15) is 0 Å². The standard InChI is InChI=1S/C38H78N8O10/c1-2-52-24-33(47)22-45-15-17-46(18-16-45)23-37(51)28-56-32-38(29-53-25-34(48)19-42-9-3-39-4-10-42,30-54-26-35(49)20-43-11-5-40-6-12-43)31-55-27-36(50)21-44-13-7-41-8-14-44/h33-37,39-41,47-51H,2-32H2,1H3. The Morgan fingerprint density at radius 1 is 0.393 bits per heavy atom. The van der Waals surface area contributed by atoms with Gasteiger partial charge in [0.05, 0.1) is 95.4 Å². The minimum atomic E-state index is -0.841. The third-order valence-corrected chi connectivity index (χ3v) is 10.8. The van der Waals surface area contributed by atoms with Crippen LogP contribution in [0.3, 0.4) is 0 Å². The molecule has 4 fully saturated rings. The first-order valence-electron chi connectivity index (χ1n) is 21.2. The predicted molar refractivity (Wildman–Crippen MR) is 213 cm³/mol. The molecule has 8 N–H and O–H groups in total. The van der Waals surface area contributed by atoms with Gasteiger partial charge in [-0.2, -0.15) is 0 Å². The van der Waals surface area contributed by atoms with E-state index in [1.165, 1.54) is 0 Å². The molecule has 0 amide bonds. The van der Waals surface area contributed by atoms with Gasteiger partial charge in [-0.3, -0.25) is 24.5 Å². The number of nitrogens with zero attached hydrogens (tertiary/aromatic N) is 5. The van der Waals surface area contributed by atoms with Crippen LogP contribution in [0.25, 0.3) is 0 Å². The molecular formula is C38H78N8O10. The number of aliphatic hydroxyl groups is 5. The summed E-state index contributed by atoms with van der Waals surface area (Å²) in [4.78, 5) is 11.1. The highest BCUT2D eigenvalue weighted by Crippen LogP contribution is 2.22. The van der Waals surface area contributed by atoms with E-state index in [9.17, 15) is 25.5 Å². The molecule has 0 bridgehead atoms. The topological polar surface area (TPSA) is 200 Å². The second-order valence-corrected chi connectivity index (χ2v) is 16.2. The van der Waals surface area contributed by atoms with E-state index in [0.717, 1.165) is 105 Å². The predicted octanol–water partition coefficient (Wildman–Crippen LogP) is -4.79. The van der Waals surface area contributed by atoms with Crippen molar-refractivity contribution in [3.05, 3.63) is 0 Å². The molecule has 0 saturated carbocycles. The Morgan fingerprint density at radius 2 is 0.625 bits per heavy atom. The summed E-state index contributed by atoms with van der Waals surface area (Å²) in [6.07, 6.45) is -3.27. The Bertz CT molecular complexity index is 896. The minimum absolute atomic E-state index is 0.0951. The van der Waals surface area contributed by atoms with Crippen LogP contribution in [0.1, 0.15) is 6.92 Å². The van der Waals surface area contributed by atoms with Crippen molar-refractivity contribution in [2.24, 2.45) is 5.41 Å². The molecule has 18 nitrogen and oxygen atoms in total. The van der Waals surface area contributed by atoms with Crippen molar-refractivity contribution in [2.75, 3.05) is 204 Å². The van der Waals surface area contributed by atoms with E-state index in [-0.39, 0.29) is 52.9 Å². The number of piperazine rings is 4. The number of β-amino-alcohol motifs (C(OH)–C–C–N with tert-alkyl or cyclic N) is 5. The first-order valence-corrected chi connectivity index (χ1v) is 21.2. The molecular weight excluding hydrogens is 728 g/mol. The minimum Gasteiger partial charge on any atom is -0.389 e. The number of hydrogen-bond acceptors (Lipinski definition) is 18. The van der Waals surface area contributed by atoms with Gasteiger partial charge in [-0.15, -0.1) is 0 Å². The molecule has 0 aromatic rings. The van der Waals surface area contributed by atoms with Crippen LogP contribution in [0.4, 0.5) is 0 Å². The third-order valence-electron chi connectivity index (χ3n) is 10.8. The fourth-order valence-electron chi connectivity index (χ4n) is 7.74. The molecule has 4 aliphatic rings. The van der Waals surface area contributed by atoms with Crippen molar-refractivity contribution < 1.29 is 49.2 Å². The number of hydrogen-bond donors (Lipinski definition) is 8. The lowest BCUT2D eigenvalue weighted by atomic mass is 9.92. The first kappa shape index (κ1) is 48.0. The second kappa shape index (κ2) is 27.9. The van der Waals surface area contributed by atoms with Crippen LogP contribution in [-0.4, -0.2) is 284 Å². The normalized spacial score (nSPS) is 24.1. The van der Waals surface area contributed by atoms with Crippen molar-refractivity contribution in [1.29, 1.82) is 0 Å². The van der Waals surface area contributed by atoms with Crippen LogP contribution in [0, 0.1) is 5.41 Å². The molecule has 0 aromatic heterocycles. The van der Waals surface area contributed by atoms with E-state index in [4.69, 9.17) is 23.7 Å². The summed E-state index contributed by atoms with van der Waals surface area (Å²) in [6.45, 7) is 20.2. The van der Waals surface area contributed by atoms with Gasteiger partial charge in [0.25, 0.3) is 0 Å². The lowest BCUT2D eigenvalue weighted by Crippen LogP contribution is -2.51. The second-order valence-electron chi connectivity index (χ2n) is 16.2. The van der Waals surface area contributed by atoms with Gasteiger partial charge in [0, 0.05) is 144 Å². The number of rotatable bonds is 29. The maximum Gasteiger partial charge on any atom is 0.0900 e. The molecule has 0 spiro atoms. The van der Waals surface area contributed by atoms with Crippen LogP contribution in [-0.2, 0) is 23.7 Å². The van der Waals surface area contributed by atoms with Gasteiger partial charge in [-0.05, 0) is 6.92 Å². The highest BCUT2D eigenvalue weighted by atomic mass is 16.5. The van der Waals surface area contributed by atoms with Crippen molar-refractivity contribution >= 4 is 0 Å². The van der Waals surface area contributed by atoms with Crippen LogP contribution >= 0.6 is 0 Å². The molecule has 5 unspecified atom stereocenters. The Kier molecular flexibility index (Phi) is 23.9. The SMILES string of the molecule is CCOCC(O)CN1CCN(CC(O)COCC(COCC(O)CN2CCNCC2)(COCC(O)CN2CCNCC2)COCC(O)CN2CCNCC2)CC1. The molecule has 0 aromatic carbocycles. The van der Waals surface area contributed by atoms with E-state index in [1.807, 2.05) is 6.92 Å². The largest absolute Gasteiger partial charge is 0.389 e. The van der Waals surface area contributed by atoms with Gasteiger partial charge in [0.2, 0.25) is 0 Å². The molecule has 0 radical (unpaired) electrons. The quantitative estimate of drug-likeness (QED) is 0.0358. The zero-order valence-corrected chi connectivity index (χ0v) is 34.3. The Morgan fingerprint density at radius 3 is 0.875 bits per heavy atom. The average Bonchev–Trinajstić information content (AvgIpc) is 3.19. The average molecular weight is 807 g/mol. The van der Waals surface area contributed by atoms with Gasteiger partial charge in [-0.25, -0.2) is 0 Å². The van der Waals surface area contributed by atoms with Crippen LogP contribution < -0.4 is 16.0 Å². The summed E-state index contributed by atoms with van der Waals surface area (Å²) in [5, 5.41) is 64.0. The molecule has 56 heavy (non-hydrogen) atoms. The van der Waals surface area contributed by atoms with E-state index in [2.05, 4.69) is 40.4 Å². The number of aliphatic hydroxyl groups excluding tert-OH is 5. The fourth-order valence-corrected chi connectivity index (χ4v) is 7.74. The summed E-state index contributed by atoms with van der Waals surface area (Å²) in [7, 11) is 0. The lowest BCUT2D eigenvalue weighted by molar-refractivity contribution is -0.134. The zero-order valence-electron chi connectivity index (χ0n) is 34.3. The van der Waals surface area contributed by atoms with Crippen molar-refractivity contribution in [2.45, 2.75) is 37.4 Å². The third kappa shape index (κ3) is 20.0. The first-order chi connectivity index (χ1) is 27.2. The molecule has 0 aliphatic carbocycles. The maximum atomic E-state index is 11.1. The van der Waals surface area contributed by atoms with Gasteiger partial charge in [0.15, 0.2) is 0 Å². The molecule has 18 heteroatoms. The molecule has 5 atom stereocenters. The van der Waals surface area contributed by atoms with E-state index >= 15 is 0 Å². The lowest BCUT2D eigenvalue weighted by Gasteiger charge is -2.37. The fraction of sp³-hybridized carbons (Fsp3) is 1.00. The molecule has 4 rings (SSSR count). The molecule has 4 aliphatic heterocycles. The molecule has 4 saturated heterocycles. The zero-order chi connectivity index (χ0) is 39.9. The highest BCUT2D eigenvalue weighted by Gasteiger charge is 2.34. The molecule has 4 heterocycles. The smallest absolute Gasteiger partial charge is 0.0900 e. The number of ether oxygens (including phenoxy) is 5. The summed E-state index contributed by atoms with van der Waals surface area (Å²) in [6, 6.07) is 0. The van der Waals surface area contributed by atoms with Gasteiger partial charge < -0.3 is 65.2 Å². The van der Waals surface area contributed by atoms with Gasteiger partial charge in [-0.1, -0.05) is 0 Å². The van der Waals surface area contributed by atoms with E-state index in [0.29, 0.717) is 45.9 Å². The van der Waals surface area contributed by atoms with Crippen LogP contribution in [0.2, 0.25) is 0 Å². The summed E-state index contributed by atoms with van der Waals surface area (Å²) < 4.78 is 30.2. The van der Waals surface area contributed by atoms with E-state index < -0.39 is 35.9 Å². The summed E-state index contributed by atoms with van der Waals surface area (Å²) in [5.41, 5.74) is -0.841. The number of nitrogens with one attached hydrogen (secondary N) is 3. The van der Waals surface area contributed by atoms with Crippen LogP contribution in [0.5, 0.6) is 0 Å². The Balaban J connectivity index is 1.32. The maximum absolute atomic E-state index is 11.1. The van der Waals surface area contributed by atoms with Gasteiger partial charge >= 0.3 is 0 Å². The Hall–Kier alpha value is -0.720. The summed E-state index contributed by atoms with van der Waals surface area (Å²) >= 11 is 0. The van der Waals surface area contributed by atoms with E-state index in [1.54, 1.807) is 0 Å². The van der Waals surface area contributed by atoms with Crippen molar-refractivity contribution in [3.63, 3.8) is 0 Å². The highest BCUT2D eigenvalue weighted by molar-refractivity contribution is 4.83. The van der Waals surface area contributed by atoms with Crippen molar-refractivity contribution in [1.82, 2.24) is 40.4 Å². The Labute approximate surface area is 335 Å². The van der Waals surface area contributed by atoms with Crippen molar-refractivity contribution in [3.8, 4) is 0 Å². The molecule has 330 valence electrons. The monoisotopic (exact) mass is 807 g/mol. The van der Waals surface area contributed by atoms with Crippen LogP contribution in [0.15, 0.2) is 0 Å². The summed E-state index contributed by atoms with van der Waals surface area (Å²) in [5.74, 6) is 0.